The third-order valence-electron chi connectivity index (χ3n) is 6.60. The summed E-state index contributed by atoms with van der Waals surface area (Å²) in [6.45, 7) is 8.88. The molecule has 0 saturated carbocycles. The highest BCUT2D eigenvalue weighted by molar-refractivity contribution is 5.93. The second kappa shape index (κ2) is 10.2. The van der Waals surface area contributed by atoms with Gasteiger partial charge in [0, 0.05) is 37.2 Å². The summed E-state index contributed by atoms with van der Waals surface area (Å²) in [6.07, 6.45) is 1.90. The van der Waals surface area contributed by atoms with Crippen molar-refractivity contribution in [1.29, 1.82) is 0 Å². The minimum Gasteiger partial charge on any atom is -0.508 e. The monoisotopic (exact) mass is 437 g/mol. The number of aryl methyl sites for hydroxylation is 2. The molecule has 3 N–H and O–H groups in total. The van der Waals surface area contributed by atoms with Gasteiger partial charge in [0.15, 0.2) is 0 Å². The number of likely N-dealkylation sites (tertiary alicyclic amines) is 1. The van der Waals surface area contributed by atoms with Crippen molar-refractivity contribution in [2.45, 2.75) is 65.0 Å². The molecule has 6 nitrogen and oxygen atoms in total. The van der Waals surface area contributed by atoms with Crippen LogP contribution in [-0.2, 0) is 9.59 Å². The number of piperidine rings is 1. The van der Waals surface area contributed by atoms with E-state index >= 15 is 0 Å². The largest absolute Gasteiger partial charge is 0.508 e. The van der Waals surface area contributed by atoms with Crippen molar-refractivity contribution in [3.63, 3.8) is 0 Å². The minimum absolute atomic E-state index is 0.0593. The van der Waals surface area contributed by atoms with E-state index in [-0.39, 0.29) is 29.5 Å². The number of hydrogen-bond acceptors (Lipinski definition) is 4. The molecular weight excluding hydrogens is 402 g/mol. The third kappa shape index (κ3) is 4.96. The van der Waals surface area contributed by atoms with Crippen molar-refractivity contribution < 1.29 is 14.7 Å². The maximum Gasteiger partial charge on any atom is 0.240 e. The number of benzene rings is 2. The fourth-order valence-electron chi connectivity index (χ4n) is 4.94. The van der Waals surface area contributed by atoms with E-state index in [1.807, 2.05) is 67.8 Å². The molecule has 172 valence electrons. The molecule has 1 aliphatic rings. The fourth-order valence-corrected chi connectivity index (χ4v) is 4.94. The molecule has 0 spiro atoms. The van der Waals surface area contributed by atoms with Gasteiger partial charge in [-0.15, -0.1) is 0 Å². The molecule has 1 saturated heterocycles. The van der Waals surface area contributed by atoms with Gasteiger partial charge in [-0.1, -0.05) is 32.0 Å². The van der Waals surface area contributed by atoms with Crippen LogP contribution in [0.25, 0.3) is 0 Å². The predicted octanol–water partition coefficient (Wildman–Crippen LogP) is 3.87. The van der Waals surface area contributed by atoms with E-state index in [4.69, 9.17) is 5.73 Å². The molecule has 6 heteroatoms. The number of para-hydroxylation sites is 1. The molecular formula is C26H35N3O3. The Labute approximate surface area is 191 Å². The van der Waals surface area contributed by atoms with Crippen molar-refractivity contribution in [2.24, 2.45) is 5.73 Å². The van der Waals surface area contributed by atoms with Crippen molar-refractivity contribution in [3.8, 4) is 5.75 Å². The molecule has 1 aliphatic heterocycles. The Balaban J connectivity index is 1.69. The first-order valence-corrected chi connectivity index (χ1v) is 11.5. The number of phenolic OH excluding ortho intramolecular Hbond substituents is 1. The van der Waals surface area contributed by atoms with Crippen LogP contribution in [0, 0.1) is 13.8 Å². The maximum atomic E-state index is 13.2. The van der Waals surface area contributed by atoms with Gasteiger partial charge in [0.2, 0.25) is 11.8 Å². The summed E-state index contributed by atoms with van der Waals surface area (Å²) in [4.78, 5) is 29.6. The van der Waals surface area contributed by atoms with E-state index in [1.54, 1.807) is 12.1 Å². The first-order valence-electron chi connectivity index (χ1n) is 11.5. The highest BCUT2D eigenvalue weighted by atomic mass is 16.3. The molecule has 1 heterocycles. The van der Waals surface area contributed by atoms with E-state index < -0.39 is 6.04 Å². The molecule has 0 aliphatic carbocycles. The van der Waals surface area contributed by atoms with E-state index in [0.717, 1.165) is 35.2 Å². The lowest BCUT2D eigenvalue weighted by atomic mass is 9.86. The van der Waals surface area contributed by atoms with Gasteiger partial charge in [-0.25, -0.2) is 0 Å². The van der Waals surface area contributed by atoms with Gasteiger partial charge < -0.3 is 20.6 Å². The van der Waals surface area contributed by atoms with Gasteiger partial charge in [0.05, 0.1) is 6.04 Å². The smallest absolute Gasteiger partial charge is 0.240 e. The van der Waals surface area contributed by atoms with Crippen LogP contribution >= 0.6 is 0 Å². The first-order chi connectivity index (χ1) is 15.2. The topological polar surface area (TPSA) is 86.9 Å². The number of phenols is 1. The Hall–Kier alpha value is -2.86. The van der Waals surface area contributed by atoms with Crippen LogP contribution in [-0.4, -0.2) is 47.0 Å². The van der Waals surface area contributed by atoms with E-state index in [9.17, 15) is 14.7 Å². The minimum atomic E-state index is -0.656. The van der Waals surface area contributed by atoms with Gasteiger partial charge in [-0.05, 0) is 67.6 Å². The second-order valence-electron chi connectivity index (χ2n) is 8.82. The summed E-state index contributed by atoms with van der Waals surface area (Å²) in [5, 5.41) is 9.83. The predicted molar refractivity (Wildman–Crippen MR) is 128 cm³/mol. The summed E-state index contributed by atoms with van der Waals surface area (Å²) in [7, 11) is 0. The van der Waals surface area contributed by atoms with Crippen LogP contribution in [0.1, 0.15) is 55.7 Å². The molecule has 2 amide bonds. The Morgan fingerprint density at radius 1 is 1.12 bits per heavy atom. The molecule has 0 unspecified atom stereocenters. The quantitative estimate of drug-likeness (QED) is 0.718. The van der Waals surface area contributed by atoms with Gasteiger partial charge in [-0.3, -0.25) is 9.59 Å². The van der Waals surface area contributed by atoms with Gasteiger partial charge in [-0.2, -0.15) is 0 Å². The number of rotatable bonds is 6. The van der Waals surface area contributed by atoms with Gasteiger partial charge in [0.1, 0.15) is 5.75 Å². The zero-order valence-corrected chi connectivity index (χ0v) is 19.5. The molecule has 32 heavy (non-hydrogen) atoms. The fraction of sp³-hybridized carbons (Fsp3) is 0.462. The molecule has 0 aromatic heterocycles. The average Bonchev–Trinajstić information content (AvgIpc) is 2.78. The Morgan fingerprint density at radius 3 is 2.22 bits per heavy atom. The van der Waals surface area contributed by atoms with Gasteiger partial charge in [0.25, 0.3) is 0 Å². The Bertz CT molecular complexity index is 929. The van der Waals surface area contributed by atoms with Crippen molar-refractivity contribution in [1.82, 2.24) is 4.90 Å². The summed E-state index contributed by atoms with van der Waals surface area (Å²) in [6, 6.07) is 12.6. The molecule has 2 aromatic rings. The lowest BCUT2D eigenvalue weighted by molar-refractivity contribution is -0.134. The van der Waals surface area contributed by atoms with Crippen molar-refractivity contribution >= 4 is 17.5 Å². The number of nitrogens with zero attached hydrogens (tertiary/aromatic N) is 2. The number of aromatic hydroxyl groups is 1. The Morgan fingerprint density at radius 2 is 1.69 bits per heavy atom. The number of carbonyl (C=O) groups is 2. The summed E-state index contributed by atoms with van der Waals surface area (Å²) >= 11 is 0. The Kier molecular flexibility index (Phi) is 7.56. The normalized spacial score (nSPS) is 16.5. The summed E-state index contributed by atoms with van der Waals surface area (Å²) in [5.74, 6) is 0.103. The molecule has 2 atom stereocenters. The number of nitrogens with two attached hydrogens (primary N) is 1. The highest BCUT2D eigenvalue weighted by Gasteiger charge is 2.34. The summed E-state index contributed by atoms with van der Waals surface area (Å²) in [5.41, 5.74) is 10.2. The van der Waals surface area contributed by atoms with Gasteiger partial charge >= 0.3 is 0 Å². The zero-order chi connectivity index (χ0) is 23.4. The average molecular weight is 438 g/mol. The van der Waals surface area contributed by atoms with Crippen LogP contribution in [0.15, 0.2) is 42.5 Å². The highest BCUT2D eigenvalue weighted by Crippen LogP contribution is 2.30. The second-order valence-corrected chi connectivity index (χ2v) is 8.82. The third-order valence-corrected chi connectivity index (χ3v) is 6.60. The van der Waals surface area contributed by atoms with Crippen molar-refractivity contribution in [2.75, 3.05) is 18.0 Å². The lowest BCUT2D eigenvalue weighted by Gasteiger charge is -2.40. The number of amides is 2. The SMILES string of the molecule is CCC(=O)N(c1ccccc1)C1CCN(C(=O)[C@@H](N)[C@H](C)c2c(C)cc(O)cc2C)CC1. The van der Waals surface area contributed by atoms with E-state index in [1.165, 1.54) is 0 Å². The zero-order valence-electron chi connectivity index (χ0n) is 19.5. The molecule has 3 rings (SSSR count). The standard InChI is InChI=1S/C26H35N3O3/c1-5-23(31)29(20-9-7-6-8-10-20)21-11-13-28(14-12-21)26(32)25(27)19(4)24-17(2)15-22(30)16-18(24)3/h6-10,15-16,19,21,25,30H,5,11-14,27H2,1-4H3/t19-,25+/m1/s1. The van der Waals surface area contributed by atoms with Crippen LogP contribution in [0.4, 0.5) is 5.69 Å². The van der Waals surface area contributed by atoms with Crippen LogP contribution in [0.3, 0.4) is 0 Å². The van der Waals surface area contributed by atoms with Crippen LogP contribution in [0.2, 0.25) is 0 Å². The number of carbonyl (C=O) groups excluding carboxylic acids is 2. The van der Waals surface area contributed by atoms with E-state index in [0.29, 0.717) is 19.5 Å². The van der Waals surface area contributed by atoms with Crippen molar-refractivity contribution in [3.05, 3.63) is 59.2 Å². The number of hydrogen-bond donors (Lipinski definition) is 2. The molecule has 1 fully saturated rings. The number of anilines is 1. The lowest BCUT2D eigenvalue weighted by Crippen LogP contribution is -2.53. The molecule has 0 radical (unpaired) electrons. The molecule has 0 bridgehead atoms. The maximum absolute atomic E-state index is 13.2. The summed E-state index contributed by atoms with van der Waals surface area (Å²) < 4.78 is 0. The molecule has 2 aromatic carbocycles. The van der Waals surface area contributed by atoms with E-state index in [2.05, 4.69) is 0 Å². The first kappa shape index (κ1) is 23.8. The van der Waals surface area contributed by atoms with Crippen LogP contribution < -0.4 is 10.6 Å². The van der Waals surface area contributed by atoms with Crippen LogP contribution in [0.5, 0.6) is 5.75 Å².